The third-order valence-electron chi connectivity index (χ3n) is 3.28. The first-order valence-electron chi connectivity index (χ1n) is 6.87. The van der Waals surface area contributed by atoms with E-state index in [-0.39, 0.29) is 18.1 Å². The van der Waals surface area contributed by atoms with E-state index in [0.29, 0.717) is 12.3 Å². The third-order valence-corrected chi connectivity index (χ3v) is 3.28. The van der Waals surface area contributed by atoms with E-state index in [2.05, 4.69) is 19.2 Å². The second-order valence-corrected chi connectivity index (χ2v) is 5.96. The lowest BCUT2D eigenvalue weighted by atomic mass is 9.96. The van der Waals surface area contributed by atoms with Crippen LogP contribution in [0.25, 0.3) is 0 Å². The normalized spacial score (nSPS) is 28.1. The summed E-state index contributed by atoms with van der Waals surface area (Å²) in [5.41, 5.74) is -0.551. The molecule has 2 unspecified atom stereocenters. The number of esters is 1. The molecule has 1 rings (SSSR count). The number of nitrogens with one attached hydrogen (secondary N) is 1. The molecular weight excluding hydrogens is 230 g/mol. The zero-order valence-corrected chi connectivity index (χ0v) is 12.3. The molecular formula is C14H27NO3. The highest BCUT2D eigenvalue weighted by Gasteiger charge is 2.46. The first-order valence-corrected chi connectivity index (χ1v) is 6.87. The lowest BCUT2D eigenvalue weighted by Gasteiger charge is -2.30. The molecule has 0 radical (unpaired) electrons. The summed E-state index contributed by atoms with van der Waals surface area (Å²) in [7, 11) is 1.45. The van der Waals surface area contributed by atoms with Crippen LogP contribution < -0.4 is 5.32 Å². The molecule has 4 heteroatoms. The van der Waals surface area contributed by atoms with Crippen molar-refractivity contribution in [1.82, 2.24) is 5.32 Å². The van der Waals surface area contributed by atoms with Crippen molar-refractivity contribution >= 4 is 5.97 Å². The number of ether oxygens (including phenoxy) is 2. The number of carbonyl (C=O) groups excluding carboxylic acids is 1. The lowest BCUT2D eigenvalue weighted by molar-refractivity contribution is -0.149. The van der Waals surface area contributed by atoms with Crippen molar-refractivity contribution < 1.29 is 14.3 Å². The molecule has 106 valence electrons. The summed E-state index contributed by atoms with van der Waals surface area (Å²) in [5.74, 6) is 0.364. The van der Waals surface area contributed by atoms with Gasteiger partial charge in [-0.05, 0) is 32.6 Å². The van der Waals surface area contributed by atoms with Crippen LogP contribution in [0.4, 0.5) is 0 Å². The average Bonchev–Trinajstić information content (AvgIpc) is 2.69. The van der Waals surface area contributed by atoms with Gasteiger partial charge in [-0.2, -0.15) is 0 Å². The van der Waals surface area contributed by atoms with E-state index >= 15 is 0 Å². The van der Waals surface area contributed by atoms with Gasteiger partial charge < -0.3 is 9.47 Å². The Morgan fingerprint density at radius 3 is 2.56 bits per heavy atom. The Kier molecular flexibility index (Phi) is 5.60. The van der Waals surface area contributed by atoms with E-state index in [1.165, 1.54) is 7.11 Å². The van der Waals surface area contributed by atoms with Crippen LogP contribution in [-0.2, 0) is 14.3 Å². The Hall–Kier alpha value is -0.610. The van der Waals surface area contributed by atoms with E-state index < -0.39 is 5.54 Å². The van der Waals surface area contributed by atoms with Crippen molar-refractivity contribution in [2.45, 2.75) is 64.6 Å². The maximum Gasteiger partial charge on any atom is 0.326 e. The van der Waals surface area contributed by atoms with Crippen LogP contribution in [0.5, 0.6) is 0 Å². The van der Waals surface area contributed by atoms with Crippen molar-refractivity contribution in [3.05, 3.63) is 0 Å². The Morgan fingerprint density at radius 2 is 2.06 bits per heavy atom. The van der Waals surface area contributed by atoms with Crippen molar-refractivity contribution in [2.75, 3.05) is 13.7 Å². The van der Waals surface area contributed by atoms with Gasteiger partial charge in [0, 0.05) is 19.1 Å². The van der Waals surface area contributed by atoms with E-state index in [1.54, 1.807) is 0 Å². The molecule has 1 saturated carbocycles. The predicted octanol–water partition coefficient (Wildman–Crippen LogP) is 2.12. The van der Waals surface area contributed by atoms with Crippen LogP contribution in [0.15, 0.2) is 0 Å². The van der Waals surface area contributed by atoms with Gasteiger partial charge in [0.2, 0.25) is 0 Å². The van der Waals surface area contributed by atoms with Crippen LogP contribution >= 0.6 is 0 Å². The highest BCUT2D eigenvalue weighted by atomic mass is 16.5. The van der Waals surface area contributed by atoms with Crippen LogP contribution in [0.2, 0.25) is 0 Å². The van der Waals surface area contributed by atoms with Crippen LogP contribution in [0, 0.1) is 5.92 Å². The third kappa shape index (κ3) is 3.95. The Balaban J connectivity index is 2.62. The second kappa shape index (κ2) is 6.53. The van der Waals surface area contributed by atoms with Crippen LogP contribution in [-0.4, -0.2) is 37.4 Å². The standard InChI is InChI=1S/C14H27NO3/c1-10(2)9-18-12-6-7-14(8-12,13(16)17-5)15-11(3)4/h10-12,15H,6-9H2,1-5H3. The minimum absolute atomic E-state index is 0.160. The number of methoxy groups -OCH3 is 1. The molecule has 1 N–H and O–H groups in total. The first-order chi connectivity index (χ1) is 8.39. The number of carbonyl (C=O) groups is 1. The molecule has 0 spiro atoms. The van der Waals surface area contributed by atoms with Gasteiger partial charge in [-0.3, -0.25) is 10.1 Å². The van der Waals surface area contributed by atoms with Gasteiger partial charge in [0.1, 0.15) is 5.54 Å². The summed E-state index contributed by atoms with van der Waals surface area (Å²) in [6.07, 6.45) is 2.59. The SMILES string of the molecule is COC(=O)C1(NC(C)C)CCC(OCC(C)C)C1. The van der Waals surface area contributed by atoms with E-state index in [1.807, 2.05) is 13.8 Å². The molecule has 18 heavy (non-hydrogen) atoms. The average molecular weight is 257 g/mol. The molecule has 1 aliphatic rings. The van der Waals surface area contributed by atoms with Crippen molar-refractivity contribution in [3.63, 3.8) is 0 Å². The molecule has 0 aromatic rings. The summed E-state index contributed by atoms with van der Waals surface area (Å²) < 4.78 is 10.8. The Morgan fingerprint density at radius 1 is 1.39 bits per heavy atom. The van der Waals surface area contributed by atoms with Crippen LogP contribution in [0.3, 0.4) is 0 Å². The summed E-state index contributed by atoms with van der Waals surface area (Å²) in [4.78, 5) is 12.0. The zero-order valence-electron chi connectivity index (χ0n) is 12.3. The van der Waals surface area contributed by atoms with Crippen molar-refractivity contribution in [2.24, 2.45) is 5.92 Å². The van der Waals surface area contributed by atoms with E-state index in [9.17, 15) is 4.79 Å². The molecule has 0 amide bonds. The highest BCUT2D eigenvalue weighted by molar-refractivity contribution is 5.81. The fourth-order valence-corrected chi connectivity index (χ4v) is 2.59. The second-order valence-electron chi connectivity index (χ2n) is 5.96. The minimum atomic E-state index is -0.551. The smallest absolute Gasteiger partial charge is 0.326 e. The lowest BCUT2D eigenvalue weighted by Crippen LogP contribution is -2.53. The molecule has 1 aliphatic carbocycles. The van der Waals surface area contributed by atoms with E-state index in [4.69, 9.17) is 9.47 Å². The predicted molar refractivity (Wildman–Crippen MR) is 71.4 cm³/mol. The Labute approximate surface area is 110 Å². The summed E-state index contributed by atoms with van der Waals surface area (Å²) >= 11 is 0. The molecule has 0 heterocycles. The summed E-state index contributed by atoms with van der Waals surface area (Å²) in [6, 6.07) is 0.257. The maximum atomic E-state index is 12.0. The quantitative estimate of drug-likeness (QED) is 0.740. The largest absolute Gasteiger partial charge is 0.468 e. The fraction of sp³-hybridized carbons (Fsp3) is 0.929. The van der Waals surface area contributed by atoms with Gasteiger partial charge in [-0.15, -0.1) is 0 Å². The molecule has 0 aliphatic heterocycles. The van der Waals surface area contributed by atoms with Gasteiger partial charge in [-0.1, -0.05) is 13.8 Å². The van der Waals surface area contributed by atoms with E-state index in [0.717, 1.165) is 19.4 Å². The zero-order chi connectivity index (χ0) is 13.8. The highest BCUT2D eigenvalue weighted by Crippen LogP contribution is 2.33. The summed E-state index contributed by atoms with van der Waals surface area (Å²) in [6.45, 7) is 9.12. The van der Waals surface area contributed by atoms with Gasteiger partial charge in [0.15, 0.2) is 0 Å². The molecule has 4 nitrogen and oxygen atoms in total. The fourth-order valence-electron chi connectivity index (χ4n) is 2.59. The number of rotatable bonds is 6. The molecule has 0 saturated heterocycles. The van der Waals surface area contributed by atoms with Gasteiger partial charge in [0.25, 0.3) is 0 Å². The molecule has 0 aromatic carbocycles. The maximum absolute atomic E-state index is 12.0. The molecule has 0 aromatic heterocycles. The van der Waals surface area contributed by atoms with Crippen LogP contribution in [0.1, 0.15) is 47.0 Å². The monoisotopic (exact) mass is 257 g/mol. The summed E-state index contributed by atoms with van der Waals surface area (Å²) in [5, 5.41) is 3.37. The Bertz CT molecular complexity index is 278. The van der Waals surface area contributed by atoms with Gasteiger partial charge >= 0.3 is 5.97 Å². The topological polar surface area (TPSA) is 47.6 Å². The molecule has 2 atom stereocenters. The molecule has 1 fully saturated rings. The van der Waals surface area contributed by atoms with Gasteiger partial charge in [-0.25, -0.2) is 0 Å². The van der Waals surface area contributed by atoms with Gasteiger partial charge in [0.05, 0.1) is 13.2 Å². The van der Waals surface area contributed by atoms with Crippen molar-refractivity contribution in [1.29, 1.82) is 0 Å². The number of hydrogen-bond donors (Lipinski definition) is 1. The molecule has 0 bridgehead atoms. The number of hydrogen-bond acceptors (Lipinski definition) is 4. The van der Waals surface area contributed by atoms with Crippen molar-refractivity contribution in [3.8, 4) is 0 Å². The first kappa shape index (κ1) is 15.4. The minimum Gasteiger partial charge on any atom is -0.468 e.